The summed E-state index contributed by atoms with van der Waals surface area (Å²) < 4.78 is 20.4. The summed E-state index contributed by atoms with van der Waals surface area (Å²) in [6.45, 7) is 2.28. The van der Waals surface area contributed by atoms with Crippen LogP contribution in [0.5, 0.6) is 0 Å². The number of imidazole rings is 1. The van der Waals surface area contributed by atoms with E-state index in [0.717, 1.165) is 5.56 Å². The van der Waals surface area contributed by atoms with Crippen LogP contribution >= 0.6 is 0 Å². The molecule has 12 nitrogen and oxygen atoms in total. The highest BCUT2D eigenvalue weighted by atomic mass is 16.8. The monoisotopic (exact) mass is 482 g/mol. The fourth-order valence-corrected chi connectivity index (χ4v) is 4.47. The number of carbonyl (C=O) groups excluding carboxylic acids is 1. The first-order valence-corrected chi connectivity index (χ1v) is 11.5. The number of anilines is 1. The smallest absolute Gasteiger partial charge is 0.320 e. The molecule has 2 aliphatic heterocycles. The predicted octanol–water partition coefficient (Wildman–Crippen LogP) is 2.08. The van der Waals surface area contributed by atoms with Crippen molar-refractivity contribution in [2.75, 3.05) is 11.9 Å². The van der Waals surface area contributed by atoms with E-state index in [-0.39, 0.29) is 18.7 Å². The van der Waals surface area contributed by atoms with Crippen molar-refractivity contribution in [2.24, 2.45) is 0 Å². The zero-order valence-electron chi connectivity index (χ0n) is 19.0. The molecule has 0 spiro atoms. The SMILES string of the molecule is CCNC(=O)Nc1ncnc2c1ncn2[C@@H]1O[C@H](CCC(=O)O)C2O[C@H](Cc3ccccc3)O[C@@H]21. The molecule has 35 heavy (non-hydrogen) atoms. The van der Waals surface area contributed by atoms with Gasteiger partial charge in [0.2, 0.25) is 0 Å². The summed E-state index contributed by atoms with van der Waals surface area (Å²) in [6.07, 6.45) is 1.12. The van der Waals surface area contributed by atoms with E-state index in [0.29, 0.717) is 24.1 Å². The van der Waals surface area contributed by atoms with Crippen LogP contribution in [0.25, 0.3) is 11.2 Å². The van der Waals surface area contributed by atoms with Crippen LogP contribution < -0.4 is 10.6 Å². The number of urea groups is 1. The number of carboxylic acid groups (broad SMARTS) is 1. The van der Waals surface area contributed by atoms with Gasteiger partial charge in [-0.1, -0.05) is 30.3 Å². The van der Waals surface area contributed by atoms with Crippen molar-refractivity contribution in [1.82, 2.24) is 24.8 Å². The molecule has 3 aromatic rings. The van der Waals surface area contributed by atoms with Gasteiger partial charge in [0.15, 0.2) is 29.5 Å². The third-order valence-corrected chi connectivity index (χ3v) is 5.99. The third kappa shape index (κ3) is 4.81. The number of rotatable bonds is 8. The van der Waals surface area contributed by atoms with E-state index in [1.165, 1.54) is 6.33 Å². The molecule has 2 aromatic heterocycles. The van der Waals surface area contributed by atoms with Gasteiger partial charge in [-0.25, -0.2) is 19.7 Å². The number of ether oxygens (including phenoxy) is 3. The van der Waals surface area contributed by atoms with E-state index in [2.05, 4.69) is 25.6 Å². The van der Waals surface area contributed by atoms with Crippen molar-refractivity contribution in [3.8, 4) is 0 Å². The first-order chi connectivity index (χ1) is 17.0. The summed E-state index contributed by atoms with van der Waals surface area (Å²) in [5.41, 5.74) is 1.91. The number of carbonyl (C=O) groups is 2. The summed E-state index contributed by atoms with van der Waals surface area (Å²) in [6, 6.07) is 9.46. The molecule has 4 heterocycles. The first kappa shape index (κ1) is 23.1. The topological polar surface area (TPSA) is 150 Å². The third-order valence-electron chi connectivity index (χ3n) is 5.99. The van der Waals surface area contributed by atoms with E-state index in [4.69, 9.17) is 14.2 Å². The molecule has 184 valence electrons. The average molecular weight is 482 g/mol. The Labute approximate surface area is 200 Å². The van der Waals surface area contributed by atoms with Crippen molar-refractivity contribution < 1.29 is 28.9 Å². The molecule has 0 saturated carbocycles. The largest absolute Gasteiger partial charge is 0.481 e. The van der Waals surface area contributed by atoms with Gasteiger partial charge in [0.25, 0.3) is 0 Å². The summed E-state index contributed by atoms with van der Waals surface area (Å²) in [5.74, 6) is -0.641. The van der Waals surface area contributed by atoms with Crippen molar-refractivity contribution in [2.45, 2.75) is 57.0 Å². The molecule has 0 bridgehead atoms. The lowest BCUT2D eigenvalue weighted by atomic mass is 10.1. The number of carboxylic acids is 1. The number of hydrogen-bond acceptors (Lipinski definition) is 8. The van der Waals surface area contributed by atoms with Gasteiger partial charge in [0.05, 0.1) is 12.4 Å². The van der Waals surface area contributed by atoms with Crippen LogP contribution in [0.1, 0.15) is 31.6 Å². The minimum Gasteiger partial charge on any atom is -0.481 e. The van der Waals surface area contributed by atoms with Crippen LogP contribution in [-0.2, 0) is 25.4 Å². The Hall–Kier alpha value is -3.61. The second-order valence-corrected chi connectivity index (χ2v) is 8.35. The Morgan fingerprint density at radius 2 is 1.89 bits per heavy atom. The maximum atomic E-state index is 12.0. The molecule has 5 rings (SSSR count). The number of hydrogen-bond donors (Lipinski definition) is 3. The number of nitrogens with zero attached hydrogens (tertiary/aromatic N) is 4. The number of fused-ring (bicyclic) bond motifs is 2. The normalized spacial score (nSPS) is 25.5. The number of nitrogens with one attached hydrogen (secondary N) is 2. The summed E-state index contributed by atoms with van der Waals surface area (Å²) >= 11 is 0. The van der Waals surface area contributed by atoms with Crippen LogP contribution in [0, 0.1) is 0 Å². The van der Waals surface area contributed by atoms with E-state index in [9.17, 15) is 14.7 Å². The zero-order valence-corrected chi connectivity index (χ0v) is 19.0. The second kappa shape index (κ2) is 9.94. The quantitative estimate of drug-likeness (QED) is 0.438. The van der Waals surface area contributed by atoms with Gasteiger partial charge in [-0.05, 0) is 18.9 Å². The first-order valence-electron chi connectivity index (χ1n) is 11.5. The fourth-order valence-electron chi connectivity index (χ4n) is 4.47. The number of aliphatic carboxylic acids is 1. The van der Waals surface area contributed by atoms with Gasteiger partial charge in [-0.15, -0.1) is 0 Å². The average Bonchev–Trinajstić information content (AvgIpc) is 3.53. The summed E-state index contributed by atoms with van der Waals surface area (Å²) in [7, 11) is 0. The Morgan fingerprint density at radius 1 is 1.09 bits per heavy atom. The minimum atomic E-state index is -0.907. The van der Waals surface area contributed by atoms with Crippen molar-refractivity contribution in [3.63, 3.8) is 0 Å². The molecule has 2 aliphatic rings. The van der Waals surface area contributed by atoms with Gasteiger partial charge in [-0.3, -0.25) is 14.7 Å². The number of amides is 2. The van der Waals surface area contributed by atoms with Crippen molar-refractivity contribution >= 4 is 29.0 Å². The van der Waals surface area contributed by atoms with Crippen molar-refractivity contribution in [3.05, 3.63) is 48.5 Å². The van der Waals surface area contributed by atoms with Gasteiger partial charge < -0.3 is 24.6 Å². The predicted molar refractivity (Wildman–Crippen MR) is 122 cm³/mol. The highest BCUT2D eigenvalue weighted by molar-refractivity contribution is 5.95. The van der Waals surface area contributed by atoms with Crippen LogP contribution in [0.4, 0.5) is 10.6 Å². The van der Waals surface area contributed by atoms with Gasteiger partial charge in [-0.2, -0.15) is 0 Å². The molecule has 1 unspecified atom stereocenters. The Morgan fingerprint density at radius 3 is 2.66 bits per heavy atom. The number of aromatic nitrogens is 4. The molecular weight excluding hydrogens is 456 g/mol. The van der Waals surface area contributed by atoms with Crippen LogP contribution in [-0.4, -0.2) is 67.8 Å². The lowest BCUT2D eigenvalue weighted by molar-refractivity contribution is -0.148. The molecule has 0 radical (unpaired) electrons. The van der Waals surface area contributed by atoms with E-state index in [1.807, 2.05) is 37.3 Å². The molecule has 1 aromatic carbocycles. The van der Waals surface area contributed by atoms with Gasteiger partial charge in [0.1, 0.15) is 18.5 Å². The van der Waals surface area contributed by atoms with E-state index >= 15 is 0 Å². The lowest BCUT2D eigenvalue weighted by Crippen LogP contribution is -2.29. The molecule has 2 fully saturated rings. The highest BCUT2D eigenvalue weighted by Crippen LogP contribution is 2.42. The van der Waals surface area contributed by atoms with Gasteiger partial charge >= 0.3 is 12.0 Å². The second-order valence-electron chi connectivity index (χ2n) is 8.35. The van der Waals surface area contributed by atoms with Gasteiger partial charge in [0, 0.05) is 19.4 Å². The standard InChI is InChI=1S/C23H26N6O6/c1-2-24-23(32)28-20-17-21(26-11-25-20)29(12-27-17)22-19-18(14(33-22)8-9-15(30)31)34-16(35-19)10-13-6-4-3-5-7-13/h3-7,11-12,14,16,18-19,22H,2,8-10H2,1H3,(H,30,31)(H2,24,25,26,28,32)/t14-,16+,18?,19+,22-/m1/s1. The van der Waals surface area contributed by atoms with Crippen LogP contribution in [0.2, 0.25) is 0 Å². The van der Waals surface area contributed by atoms with E-state index < -0.39 is 42.8 Å². The fraction of sp³-hybridized carbons (Fsp3) is 0.435. The molecule has 12 heteroatoms. The number of benzene rings is 1. The zero-order chi connectivity index (χ0) is 24.4. The molecule has 5 atom stereocenters. The van der Waals surface area contributed by atoms with E-state index in [1.54, 1.807) is 10.9 Å². The lowest BCUT2D eigenvalue weighted by Gasteiger charge is -2.21. The molecular formula is C23H26N6O6. The maximum absolute atomic E-state index is 12.0. The van der Waals surface area contributed by atoms with Crippen LogP contribution in [0.3, 0.4) is 0 Å². The Bertz CT molecular complexity index is 1200. The Kier molecular flexibility index (Phi) is 6.57. The highest BCUT2D eigenvalue weighted by Gasteiger charge is 2.53. The molecule has 2 saturated heterocycles. The molecule has 3 N–H and O–H groups in total. The Balaban J connectivity index is 1.41. The molecule has 0 aliphatic carbocycles. The van der Waals surface area contributed by atoms with Crippen molar-refractivity contribution in [1.29, 1.82) is 0 Å². The summed E-state index contributed by atoms with van der Waals surface area (Å²) in [5, 5.41) is 14.5. The van der Waals surface area contributed by atoms with Crippen LogP contribution in [0.15, 0.2) is 43.0 Å². The molecule has 2 amide bonds. The minimum absolute atomic E-state index is 0.0548. The maximum Gasteiger partial charge on any atom is 0.320 e. The summed E-state index contributed by atoms with van der Waals surface area (Å²) in [4.78, 5) is 36.1.